The second-order valence-corrected chi connectivity index (χ2v) is 5.69. The van der Waals surface area contributed by atoms with Gasteiger partial charge in [-0.2, -0.15) is 0 Å². The molecular weight excluding hydrogens is 275 g/mol. The Morgan fingerprint density at radius 3 is 2.35 bits per heavy atom. The van der Waals surface area contributed by atoms with Crippen LogP contribution < -0.4 is 5.32 Å². The number of halogens is 2. The number of rotatable bonds is 3. The van der Waals surface area contributed by atoms with Gasteiger partial charge in [0.1, 0.15) is 0 Å². The molecule has 17 heavy (non-hydrogen) atoms. The number of thioether (sulfide) groups is 1. The molecule has 1 aromatic rings. The van der Waals surface area contributed by atoms with Crippen molar-refractivity contribution in [2.45, 2.75) is 13.8 Å². The zero-order valence-corrected chi connectivity index (χ0v) is 12.5. The summed E-state index contributed by atoms with van der Waals surface area (Å²) in [5.74, 6) is 0.543. The van der Waals surface area contributed by atoms with Crippen LogP contribution >= 0.6 is 35.0 Å². The number of nitrogens with one attached hydrogen (secondary N) is 1. The first kappa shape index (κ1) is 14.7. The van der Waals surface area contributed by atoms with Gasteiger partial charge in [-0.05, 0) is 30.4 Å². The minimum atomic E-state index is 0.543. The lowest BCUT2D eigenvalue weighted by molar-refractivity contribution is 0.666. The number of aliphatic imine (C=N–C) groups is 1. The van der Waals surface area contributed by atoms with E-state index in [1.165, 1.54) is 0 Å². The molecule has 0 unspecified atom stereocenters. The molecule has 0 amide bonds. The van der Waals surface area contributed by atoms with Crippen molar-refractivity contribution >= 4 is 45.8 Å². The van der Waals surface area contributed by atoms with Gasteiger partial charge in [-0.1, -0.05) is 48.8 Å². The van der Waals surface area contributed by atoms with Gasteiger partial charge in [-0.15, -0.1) is 0 Å². The highest BCUT2D eigenvalue weighted by Gasteiger charge is 2.02. The van der Waals surface area contributed by atoms with Crippen LogP contribution in [0.15, 0.2) is 23.2 Å². The smallest absolute Gasteiger partial charge is 0.160 e. The fourth-order valence-electron chi connectivity index (χ4n) is 1.17. The van der Waals surface area contributed by atoms with E-state index in [-0.39, 0.29) is 0 Å². The molecule has 5 heteroatoms. The lowest BCUT2D eigenvalue weighted by Crippen LogP contribution is -2.09. The van der Waals surface area contributed by atoms with Crippen molar-refractivity contribution in [3.63, 3.8) is 0 Å². The van der Waals surface area contributed by atoms with Crippen LogP contribution in [-0.2, 0) is 0 Å². The van der Waals surface area contributed by atoms with Crippen LogP contribution in [0, 0.1) is 5.92 Å². The average Bonchev–Trinajstić information content (AvgIpc) is 2.22. The molecular formula is C12H16Cl2N2S. The van der Waals surface area contributed by atoms with E-state index in [9.17, 15) is 0 Å². The van der Waals surface area contributed by atoms with Crippen LogP contribution in [0.4, 0.5) is 5.69 Å². The largest absolute Gasteiger partial charge is 0.335 e. The number of hydrogen-bond acceptors (Lipinski definition) is 2. The van der Waals surface area contributed by atoms with Gasteiger partial charge in [-0.25, -0.2) is 0 Å². The molecule has 1 N–H and O–H groups in total. The summed E-state index contributed by atoms with van der Waals surface area (Å²) in [4.78, 5) is 4.48. The maximum atomic E-state index is 5.93. The van der Waals surface area contributed by atoms with E-state index in [2.05, 4.69) is 24.2 Å². The van der Waals surface area contributed by atoms with Crippen molar-refractivity contribution in [1.29, 1.82) is 0 Å². The quantitative estimate of drug-likeness (QED) is 0.640. The molecule has 0 spiro atoms. The molecule has 2 nitrogen and oxygen atoms in total. The maximum Gasteiger partial charge on any atom is 0.160 e. The monoisotopic (exact) mass is 290 g/mol. The molecule has 1 aromatic carbocycles. The molecule has 0 fully saturated rings. The van der Waals surface area contributed by atoms with Crippen molar-refractivity contribution in [1.82, 2.24) is 0 Å². The third-order valence-corrected chi connectivity index (χ3v) is 2.96. The fourth-order valence-corrected chi connectivity index (χ4v) is 2.12. The number of hydrogen-bond donors (Lipinski definition) is 1. The van der Waals surface area contributed by atoms with E-state index in [1.807, 2.05) is 18.4 Å². The third-order valence-electron chi connectivity index (χ3n) is 1.91. The maximum absolute atomic E-state index is 5.93. The van der Waals surface area contributed by atoms with Gasteiger partial charge in [0.25, 0.3) is 0 Å². The van der Waals surface area contributed by atoms with Gasteiger partial charge >= 0.3 is 0 Å². The highest BCUT2D eigenvalue weighted by molar-refractivity contribution is 8.13. The van der Waals surface area contributed by atoms with Gasteiger partial charge in [0.2, 0.25) is 0 Å². The van der Waals surface area contributed by atoms with Gasteiger partial charge in [0.15, 0.2) is 5.17 Å². The Balaban J connectivity index is 2.76. The van der Waals surface area contributed by atoms with Crippen LogP contribution in [0.5, 0.6) is 0 Å². The van der Waals surface area contributed by atoms with Gasteiger partial charge in [0.05, 0.1) is 0 Å². The summed E-state index contributed by atoms with van der Waals surface area (Å²) in [5, 5.41) is 5.31. The first-order valence-corrected chi connectivity index (χ1v) is 7.31. The third kappa shape index (κ3) is 5.66. The molecule has 0 saturated heterocycles. The predicted molar refractivity (Wildman–Crippen MR) is 80.7 cm³/mol. The second kappa shape index (κ2) is 7.14. The number of benzene rings is 1. The second-order valence-electron chi connectivity index (χ2n) is 4.03. The molecule has 0 aliphatic carbocycles. The van der Waals surface area contributed by atoms with Crippen molar-refractivity contribution in [3.05, 3.63) is 28.2 Å². The van der Waals surface area contributed by atoms with Crippen molar-refractivity contribution in [2.24, 2.45) is 10.9 Å². The van der Waals surface area contributed by atoms with Crippen LogP contribution in [0.2, 0.25) is 10.0 Å². The van der Waals surface area contributed by atoms with E-state index in [4.69, 9.17) is 23.2 Å². The van der Waals surface area contributed by atoms with E-state index >= 15 is 0 Å². The molecule has 0 aromatic heterocycles. The Hall–Kier alpha value is -0.380. The molecule has 0 atom stereocenters. The highest BCUT2D eigenvalue weighted by atomic mass is 35.5. The fraction of sp³-hybridized carbons (Fsp3) is 0.417. The summed E-state index contributed by atoms with van der Waals surface area (Å²) in [6.45, 7) is 5.08. The zero-order valence-electron chi connectivity index (χ0n) is 10.1. The van der Waals surface area contributed by atoms with E-state index in [1.54, 1.807) is 17.8 Å². The summed E-state index contributed by atoms with van der Waals surface area (Å²) in [7, 11) is 0. The molecule has 0 heterocycles. The van der Waals surface area contributed by atoms with Gasteiger partial charge < -0.3 is 5.32 Å². The first-order chi connectivity index (χ1) is 8.01. The predicted octanol–water partition coefficient (Wildman–Crippen LogP) is 4.78. The van der Waals surface area contributed by atoms with Crippen LogP contribution in [0.1, 0.15) is 13.8 Å². The Bertz CT molecular complexity index is 385. The first-order valence-electron chi connectivity index (χ1n) is 5.33. The zero-order chi connectivity index (χ0) is 12.8. The Labute approximate surface area is 117 Å². The van der Waals surface area contributed by atoms with Crippen LogP contribution in [0.25, 0.3) is 0 Å². The lowest BCUT2D eigenvalue weighted by atomic mass is 10.2. The summed E-state index contributed by atoms with van der Waals surface area (Å²) in [6, 6.07) is 5.36. The number of nitrogens with zero attached hydrogens (tertiary/aromatic N) is 1. The molecule has 0 aliphatic rings. The average molecular weight is 291 g/mol. The molecule has 0 bridgehead atoms. The summed E-state index contributed by atoms with van der Waals surface area (Å²) < 4.78 is 0. The van der Waals surface area contributed by atoms with E-state index in [0.717, 1.165) is 17.4 Å². The Kier molecular flexibility index (Phi) is 6.17. The van der Waals surface area contributed by atoms with Gasteiger partial charge in [-0.3, -0.25) is 4.99 Å². The van der Waals surface area contributed by atoms with E-state index < -0.39 is 0 Å². The highest BCUT2D eigenvalue weighted by Crippen LogP contribution is 2.23. The Morgan fingerprint density at radius 2 is 1.88 bits per heavy atom. The topological polar surface area (TPSA) is 24.4 Å². The summed E-state index contributed by atoms with van der Waals surface area (Å²) >= 11 is 13.4. The molecule has 1 rings (SSSR count). The van der Waals surface area contributed by atoms with Crippen LogP contribution in [-0.4, -0.2) is 18.0 Å². The van der Waals surface area contributed by atoms with Crippen molar-refractivity contribution in [2.75, 3.05) is 18.1 Å². The normalized spacial score (nSPS) is 12.0. The van der Waals surface area contributed by atoms with Crippen LogP contribution in [0.3, 0.4) is 0 Å². The molecule has 94 valence electrons. The number of amidine groups is 1. The standard InChI is InChI=1S/C12H16Cl2N2S/c1-8(2)7-15-12(17-3)16-11-5-9(13)4-10(14)6-11/h4-6,8H,7H2,1-3H3,(H,15,16). The van der Waals surface area contributed by atoms with E-state index in [0.29, 0.717) is 16.0 Å². The lowest BCUT2D eigenvalue weighted by Gasteiger charge is -2.09. The summed E-state index contributed by atoms with van der Waals surface area (Å²) in [6.07, 6.45) is 1.98. The van der Waals surface area contributed by atoms with Crippen molar-refractivity contribution < 1.29 is 0 Å². The SMILES string of the molecule is CSC(=NCC(C)C)Nc1cc(Cl)cc(Cl)c1. The van der Waals surface area contributed by atoms with Crippen molar-refractivity contribution in [3.8, 4) is 0 Å². The minimum Gasteiger partial charge on any atom is -0.335 e. The molecule has 0 aliphatic heterocycles. The number of anilines is 1. The molecule has 0 radical (unpaired) electrons. The molecule has 0 saturated carbocycles. The minimum absolute atomic E-state index is 0.543. The van der Waals surface area contributed by atoms with Gasteiger partial charge in [0, 0.05) is 22.3 Å². The summed E-state index contributed by atoms with van der Waals surface area (Å²) in [5.41, 5.74) is 0.861. The Morgan fingerprint density at radius 1 is 1.29 bits per heavy atom.